The van der Waals surface area contributed by atoms with E-state index in [2.05, 4.69) is 0 Å². The van der Waals surface area contributed by atoms with E-state index in [1.54, 1.807) is 0 Å². The van der Waals surface area contributed by atoms with Gasteiger partial charge in [0, 0.05) is 0 Å². The molecule has 0 N–H and O–H groups in total. The fourth-order valence-corrected chi connectivity index (χ4v) is 2.41. The molecule has 0 saturated heterocycles. The van der Waals surface area contributed by atoms with Gasteiger partial charge in [0.05, 0.1) is 17.2 Å². The number of nitriles is 1. The van der Waals surface area contributed by atoms with Crippen molar-refractivity contribution >= 4 is 21.4 Å². The van der Waals surface area contributed by atoms with E-state index in [1.807, 2.05) is 24.4 Å². The highest BCUT2D eigenvalue weighted by Crippen LogP contribution is 2.29. The van der Waals surface area contributed by atoms with Crippen LogP contribution in [0.15, 0.2) is 17.5 Å². The molecule has 0 aliphatic rings. The Morgan fingerprint density at radius 3 is 3.00 bits per heavy atom. The molecule has 0 fully saturated rings. The zero-order chi connectivity index (χ0) is 10.1. The van der Waals surface area contributed by atoms with Crippen LogP contribution in [-0.2, 0) is 6.42 Å². The number of halogens is 1. The number of hydrogen-bond acceptors (Lipinski definition) is 2. The van der Waals surface area contributed by atoms with Gasteiger partial charge < -0.3 is 0 Å². The van der Waals surface area contributed by atoms with Crippen LogP contribution < -0.4 is 0 Å². The largest absolute Gasteiger partial charge is 0.205 e. The third kappa shape index (κ3) is 1.38. The molecule has 0 amide bonds. The number of fused-ring (bicyclic) bond motifs is 1. The topological polar surface area (TPSA) is 23.8 Å². The summed E-state index contributed by atoms with van der Waals surface area (Å²) in [7, 11) is 0. The number of aryl methyl sites for hydroxylation is 1. The predicted octanol–water partition coefficient (Wildman–Crippen LogP) is 3.41. The van der Waals surface area contributed by atoms with E-state index in [0.29, 0.717) is 4.70 Å². The molecule has 70 valence electrons. The quantitative estimate of drug-likeness (QED) is 0.699. The summed E-state index contributed by atoms with van der Waals surface area (Å²) in [6.07, 6.45) is 0.266. The summed E-state index contributed by atoms with van der Waals surface area (Å²) < 4.78 is 14.2. The second kappa shape index (κ2) is 3.39. The van der Waals surface area contributed by atoms with Gasteiger partial charge in [0.2, 0.25) is 0 Å². The van der Waals surface area contributed by atoms with Crippen molar-refractivity contribution < 1.29 is 4.39 Å². The summed E-state index contributed by atoms with van der Waals surface area (Å²) in [5, 5.41) is 11.4. The van der Waals surface area contributed by atoms with Gasteiger partial charge in [0.15, 0.2) is 0 Å². The molecule has 1 nitrogen and oxygen atoms in total. The predicted molar refractivity (Wildman–Crippen MR) is 55.8 cm³/mol. The molecule has 1 aromatic heterocycles. The molecule has 0 radical (unpaired) electrons. The van der Waals surface area contributed by atoms with Gasteiger partial charge in [-0.2, -0.15) is 5.26 Å². The minimum absolute atomic E-state index is 0.217. The van der Waals surface area contributed by atoms with Crippen LogP contribution in [0.25, 0.3) is 10.1 Å². The Morgan fingerprint density at radius 2 is 2.29 bits per heavy atom. The summed E-state index contributed by atoms with van der Waals surface area (Å²) in [5.74, 6) is -0.217. The van der Waals surface area contributed by atoms with Crippen LogP contribution in [0.4, 0.5) is 4.39 Å². The van der Waals surface area contributed by atoms with Crippen molar-refractivity contribution in [1.29, 1.82) is 5.26 Å². The zero-order valence-electron chi connectivity index (χ0n) is 7.67. The lowest BCUT2D eigenvalue weighted by Gasteiger charge is -1.98. The average Bonchev–Trinajstić information content (AvgIpc) is 2.49. The van der Waals surface area contributed by atoms with Crippen molar-refractivity contribution in [1.82, 2.24) is 0 Å². The minimum Gasteiger partial charge on any atom is -0.205 e. The van der Waals surface area contributed by atoms with Crippen LogP contribution in [0.2, 0.25) is 0 Å². The van der Waals surface area contributed by atoms with Gasteiger partial charge in [0.25, 0.3) is 0 Å². The van der Waals surface area contributed by atoms with Crippen LogP contribution in [0, 0.1) is 24.1 Å². The maximum absolute atomic E-state index is 13.5. The molecular formula is C11H8FNS. The Bertz CT molecular complexity index is 522. The number of thiophene rings is 1. The Hall–Kier alpha value is -1.40. The maximum Gasteiger partial charge on any atom is 0.141 e. The summed E-state index contributed by atoms with van der Waals surface area (Å²) >= 11 is 1.41. The molecule has 0 saturated carbocycles. The first-order chi connectivity index (χ1) is 6.72. The Morgan fingerprint density at radius 1 is 1.50 bits per heavy atom. The van der Waals surface area contributed by atoms with Gasteiger partial charge >= 0.3 is 0 Å². The molecule has 14 heavy (non-hydrogen) atoms. The summed E-state index contributed by atoms with van der Waals surface area (Å²) in [6, 6.07) is 5.37. The van der Waals surface area contributed by atoms with E-state index < -0.39 is 0 Å². The third-order valence-corrected chi connectivity index (χ3v) is 3.29. The lowest BCUT2D eigenvalue weighted by molar-refractivity contribution is 0.640. The number of benzene rings is 1. The fraction of sp³-hybridized carbons (Fsp3) is 0.182. The van der Waals surface area contributed by atoms with Crippen molar-refractivity contribution in [3.05, 3.63) is 34.5 Å². The van der Waals surface area contributed by atoms with Crippen LogP contribution in [0.1, 0.15) is 11.1 Å². The fourth-order valence-electron chi connectivity index (χ4n) is 1.47. The Labute approximate surface area is 85.4 Å². The highest BCUT2D eigenvalue weighted by molar-refractivity contribution is 7.17. The van der Waals surface area contributed by atoms with Crippen molar-refractivity contribution in [3.8, 4) is 6.07 Å². The van der Waals surface area contributed by atoms with Crippen molar-refractivity contribution in [2.24, 2.45) is 0 Å². The van der Waals surface area contributed by atoms with Gasteiger partial charge in [-0.05, 0) is 40.9 Å². The lowest BCUT2D eigenvalue weighted by atomic mass is 10.1. The first-order valence-electron chi connectivity index (χ1n) is 4.25. The molecule has 1 aromatic carbocycles. The number of hydrogen-bond donors (Lipinski definition) is 0. The van der Waals surface area contributed by atoms with Crippen LogP contribution >= 0.6 is 11.3 Å². The van der Waals surface area contributed by atoms with Gasteiger partial charge in [-0.25, -0.2) is 4.39 Å². The van der Waals surface area contributed by atoms with Gasteiger partial charge in [-0.3, -0.25) is 0 Å². The van der Waals surface area contributed by atoms with Crippen molar-refractivity contribution in [2.75, 3.05) is 0 Å². The van der Waals surface area contributed by atoms with Crippen LogP contribution in [0.3, 0.4) is 0 Å². The van der Waals surface area contributed by atoms with E-state index in [0.717, 1.165) is 16.5 Å². The average molecular weight is 205 g/mol. The summed E-state index contributed by atoms with van der Waals surface area (Å²) in [4.78, 5) is 0. The standard InChI is InChI=1S/C11H8FNS/c1-7-6-14-11-9(7)4-8(2-3-13)5-10(11)12/h4-6H,2H2,1H3. The van der Waals surface area contributed by atoms with E-state index in [1.165, 1.54) is 17.4 Å². The summed E-state index contributed by atoms with van der Waals surface area (Å²) in [6.45, 7) is 1.95. The van der Waals surface area contributed by atoms with Crippen molar-refractivity contribution in [2.45, 2.75) is 13.3 Å². The van der Waals surface area contributed by atoms with E-state index in [-0.39, 0.29) is 12.2 Å². The van der Waals surface area contributed by atoms with E-state index >= 15 is 0 Å². The monoisotopic (exact) mass is 205 g/mol. The molecule has 0 bridgehead atoms. The van der Waals surface area contributed by atoms with Gasteiger partial charge in [0.1, 0.15) is 5.82 Å². The zero-order valence-corrected chi connectivity index (χ0v) is 8.49. The smallest absolute Gasteiger partial charge is 0.141 e. The molecule has 0 unspecified atom stereocenters. The highest BCUT2D eigenvalue weighted by Gasteiger charge is 2.07. The maximum atomic E-state index is 13.5. The first kappa shape index (κ1) is 9.17. The molecule has 0 aliphatic heterocycles. The lowest BCUT2D eigenvalue weighted by Crippen LogP contribution is -1.84. The molecule has 2 aromatic rings. The second-order valence-corrected chi connectivity index (χ2v) is 4.09. The van der Waals surface area contributed by atoms with E-state index in [4.69, 9.17) is 5.26 Å². The van der Waals surface area contributed by atoms with E-state index in [9.17, 15) is 4.39 Å². The molecule has 3 heteroatoms. The molecule has 0 spiro atoms. The molecule has 1 heterocycles. The van der Waals surface area contributed by atoms with Crippen LogP contribution in [-0.4, -0.2) is 0 Å². The van der Waals surface area contributed by atoms with Crippen LogP contribution in [0.5, 0.6) is 0 Å². The molecule has 0 atom stereocenters. The normalized spacial score (nSPS) is 10.4. The molecular weight excluding hydrogens is 197 g/mol. The molecule has 2 rings (SSSR count). The Balaban J connectivity index is 2.70. The minimum atomic E-state index is -0.217. The molecule has 0 aliphatic carbocycles. The number of rotatable bonds is 1. The second-order valence-electron chi connectivity index (χ2n) is 3.21. The highest BCUT2D eigenvalue weighted by atomic mass is 32.1. The van der Waals surface area contributed by atoms with Gasteiger partial charge in [-0.15, -0.1) is 11.3 Å². The SMILES string of the molecule is Cc1csc2c(F)cc(CC#N)cc12. The Kier molecular flexibility index (Phi) is 2.22. The summed E-state index contributed by atoms with van der Waals surface area (Å²) in [5.41, 5.74) is 1.82. The third-order valence-electron chi connectivity index (χ3n) is 2.16. The first-order valence-corrected chi connectivity index (χ1v) is 5.13. The van der Waals surface area contributed by atoms with Crippen molar-refractivity contribution in [3.63, 3.8) is 0 Å². The van der Waals surface area contributed by atoms with Gasteiger partial charge in [-0.1, -0.05) is 0 Å². The number of nitrogens with zero attached hydrogens (tertiary/aromatic N) is 1.